The fourth-order valence-corrected chi connectivity index (χ4v) is 2.50. The Labute approximate surface area is 159 Å². The van der Waals surface area contributed by atoms with Crippen molar-refractivity contribution in [2.24, 2.45) is 0 Å². The molecule has 0 atom stereocenters. The van der Waals surface area contributed by atoms with Gasteiger partial charge in [0.2, 0.25) is 5.75 Å². The quantitative estimate of drug-likeness (QED) is 0.291. The first kappa shape index (κ1) is 20.4. The molecular weight excluding hydrogens is 372 g/mol. The molecule has 0 saturated carbocycles. The second kappa shape index (κ2) is 8.62. The Hall–Kier alpha value is -3.95. The summed E-state index contributed by atoms with van der Waals surface area (Å²) in [6, 6.07) is 6.15. The summed E-state index contributed by atoms with van der Waals surface area (Å²) >= 11 is 0. The molecule has 0 aromatic heterocycles. The molecule has 10 heteroatoms. The van der Waals surface area contributed by atoms with E-state index in [2.05, 4.69) is 0 Å². The Balaban J connectivity index is 2.44. The first-order chi connectivity index (χ1) is 13.3. The average molecular weight is 388 g/mol. The number of nitro benzene ring substituents is 2. The van der Waals surface area contributed by atoms with Crippen LogP contribution in [0.5, 0.6) is 17.2 Å². The molecule has 0 spiro atoms. The number of carbonyl (C=O) groups excluding carboxylic acids is 1. The van der Waals surface area contributed by atoms with E-state index in [1.165, 1.54) is 45.6 Å². The van der Waals surface area contributed by atoms with Gasteiger partial charge in [-0.15, -0.1) is 0 Å². The number of carbonyl (C=O) groups is 1. The number of rotatable bonds is 8. The van der Waals surface area contributed by atoms with Gasteiger partial charge in [0.25, 0.3) is 11.4 Å². The van der Waals surface area contributed by atoms with Crippen molar-refractivity contribution in [3.63, 3.8) is 0 Å². The molecular formula is C18H16N2O8. The van der Waals surface area contributed by atoms with Crippen molar-refractivity contribution in [1.29, 1.82) is 0 Å². The second-order valence-corrected chi connectivity index (χ2v) is 5.34. The van der Waals surface area contributed by atoms with E-state index in [1.807, 2.05) is 0 Å². The summed E-state index contributed by atoms with van der Waals surface area (Å²) in [6.07, 6.45) is 2.32. The summed E-state index contributed by atoms with van der Waals surface area (Å²) in [5.41, 5.74) is -0.710. The highest BCUT2D eigenvalue weighted by molar-refractivity contribution is 6.09. The van der Waals surface area contributed by atoms with Gasteiger partial charge in [0, 0.05) is 6.07 Å². The molecule has 2 aromatic rings. The third kappa shape index (κ3) is 4.06. The minimum Gasteiger partial charge on any atom is -0.493 e. The lowest BCUT2D eigenvalue weighted by molar-refractivity contribution is -0.394. The van der Waals surface area contributed by atoms with E-state index in [9.17, 15) is 25.0 Å². The minimum absolute atomic E-state index is 0.0448. The van der Waals surface area contributed by atoms with Crippen molar-refractivity contribution < 1.29 is 28.9 Å². The first-order valence-electron chi connectivity index (χ1n) is 7.78. The molecule has 10 nitrogen and oxygen atoms in total. The van der Waals surface area contributed by atoms with Crippen molar-refractivity contribution in [2.45, 2.75) is 0 Å². The Morgan fingerprint density at radius 3 is 2.14 bits per heavy atom. The number of allylic oxidation sites excluding steroid dienone is 1. The van der Waals surface area contributed by atoms with E-state index in [0.717, 1.165) is 18.2 Å². The third-order valence-electron chi connectivity index (χ3n) is 3.81. The number of nitrogens with zero attached hydrogens (tertiary/aromatic N) is 2. The van der Waals surface area contributed by atoms with Crippen LogP contribution in [0.1, 0.15) is 15.9 Å². The molecule has 0 fully saturated rings. The Morgan fingerprint density at radius 2 is 1.61 bits per heavy atom. The van der Waals surface area contributed by atoms with Crippen molar-refractivity contribution in [3.8, 4) is 17.2 Å². The second-order valence-electron chi connectivity index (χ2n) is 5.34. The number of non-ortho nitro benzene ring substituents is 1. The summed E-state index contributed by atoms with van der Waals surface area (Å²) in [6.45, 7) is 0. The van der Waals surface area contributed by atoms with Gasteiger partial charge in [-0.05, 0) is 30.4 Å². The molecule has 0 amide bonds. The van der Waals surface area contributed by atoms with Gasteiger partial charge in [-0.25, -0.2) is 0 Å². The zero-order valence-corrected chi connectivity index (χ0v) is 15.2. The van der Waals surface area contributed by atoms with Crippen LogP contribution in [0.2, 0.25) is 0 Å². The van der Waals surface area contributed by atoms with E-state index in [1.54, 1.807) is 0 Å². The van der Waals surface area contributed by atoms with Gasteiger partial charge in [0.05, 0.1) is 48.4 Å². The number of nitro groups is 2. The number of ketones is 1. The van der Waals surface area contributed by atoms with Gasteiger partial charge < -0.3 is 14.2 Å². The molecule has 0 radical (unpaired) electrons. The van der Waals surface area contributed by atoms with Crippen LogP contribution in [0.4, 0.5) is 11.4 Å². The van der Waals surface area contributed by atoms with Crippen LogP contribution in [0.25, 0.3) is 6.08 Å². The van der Waals surface area contributed by atoms with E-state index >= 15 is 0 Å². The molecule has 2 rings (SSSR count). The predicted molar refractivity (Wildman–Crippen MR) is 99.2 cm³/mol. The SMILES string of the molecule is COc1ccc(C(=O)/C=C/c2ccc([N+](=O)[O-])cc2[N+](=O)[O-])c(OC)c1OC. The topological polar surface area (TPSA) is 131 Å². The number of hydrogen-bond donors (Lipinski definition) is 0. The highest BCUT2D eigenvalue weighted by Crippen LogP contribution is 2.40. The molecule has 0 unspecified atom stereocenters. The first-order valence-corrected chi connectivity index (χ1v) is 7.78. The largest absolute Gasteiger partial charge is 0.493 e. The van der Waals surface area contributed by atoms with E-state index < -0.39 is 27.0 Å². The molecule has 0 aliphatic carbocycles. The summed E-state index contributed by atoms with van der Waals surface area (Å²) in [5, 5.41) is 22.0. The van der Waals surface area contributed by atoms with Crippen molar-refractivity contribution >= 4 is 23.2 Å². The summed E-state index contributed by atoms with van der Waals surface area (Å²) in [7, 11) is 4.19. The summed E-state index contributed by atoms with van der Waals surface area (Å²) < 4.78 is 15.6. The molecule has 0 heterocycles. The van der Waals surface area contributed by atoms with Gasteiger partial charge in [-0.1, -0.05) is 0 Å². The van der Waals surface area contributed by atoms with Gasteiger partial charge in [0.1, 0.15) is 0 Å². The Morgan fingerprint density at radius 1 is 0.929 bits per heavy atom. The lowest BCUT2D eigenvalue weighted by atomic mass is 10.1. The van der Waals surface area contributed by atoms with Crippen LogP contribution in [0.15, 0.2) is 36.4 Å². The van der Waals surface area contributed by atoms with Crippen LogP contribution >= 0.6 is 0 Å². The molecule has 0 N–H and O–H groups in total. The molecule has 0 aliphatic heterocycles. The normalized spacial score (nSPS) is 10.5. The van der Waals surface area contributed by atoms with E-state index in [0.29, 0.717) is 5.75 Å². The Bertz CT molecular complexity index is 968. The van der Waals surface area contributed by atoms with Crippen LogP contribution < -0.4 is 14.2 Å². The minimum atomic E-state index is -0.756. The smallest absolute Gasteiger partial charge is 0.283 e. The van der Waals surface area contributed by atoms with Crippen LogP contribution in [0.3, 0.4) is 0 Å². The lowest BCUT2D eigenvalue weighted by Gasteiger charge is -2.14. The molecule has 146 valence electrons. The van der Waals surface area contributed by atoms with Crippen LogP contribution in [-0.2, 0) is 0 Å². The predicted octanol–water partition coefficient (Wildman–Crippen LogP) is 3.42. The average Bonchev–Trinajstić information content (AvgIpc) is 2.70. The highest BCUT2D eigenvalue weighted by Gasteiger charge is 2.21. The zero-order chi connectivity index (χ0) is 20.8. The number of benzene rings is 2. The van der Waals surface area contributed by atoms with Crippen molar-refractivity contribution in [3.05, 3.63) is 67.8 Å². The number of hydrogen-bond acceptors (Lipinski definition) is 8. The maximum absolute atomic E-state index is 12.6. The fraction of sp³-hybridized carbons (Fsp3) is 0.167. The van der Waals surface area contributed by atoms with E-state index in [-0.39, 0.29) is 22.6 Å². The molecule has 2 aromatic carbocycles. The van der Waals surface area contributed by atoms with Gasteiger partial charge >= 0.3 is 0 Å². The monoisotopic (exact) mass is 388 g/mol. The summed E-state index contributed by atoms with van der Waals surface area (Å²) in [5.74, 6) is 0.233. The van der Waals surface area contributed by atoms with Crippen LogP contribution in [-0.4, -0.2) is 37.0 Å². The number of ether oxygens (including phenoxy) is 3. The molecule has 0 saturated heterocycles. The third-order valence-corrected chi connectivity index (χ3v) is 3.81. The van der Waals surface area contributed by atoms with Gasteiger partial charge in [0.15, 0.2) is 17.3 Å². The highest BCUT2D eigenvalue weighted by atomic mass is 16.6. The van der Waals surface area contributed by atoms with Crippen molar-refractivity contribution in [1.82, 2.24) is 0 Å². The lowest BCUT2D eigenvalue weighted by Crippen LogP contribution is -2.03. The Kier molecular flexibility index (Phi) is 6.27. The van der Waals surface area contributed by atoms with Gasteiger partial charge in [-0.2, -0.15) is 0 Å². The molecule has 0 aliphatic rings. The molecule has 28 heavy (non-hydrogen) atoms. The summed E-state index contributed by atoms with van der Waals surface area (Å²) in [4.78, 5) is 33.1. The van der Waals surface area contributed by atoms with Gasteiger partial charge in [-0.3, -0.25) is 25.0 Å². The maximum Gasteiger partial charge on any atom is 0.283 e. The van der Waals surface area contributed by atoms with Crippen molar-refractivity contribution in [2.75, 3.05) is 21.3 Å². The number of methoxy groups -OCH3 is 3. The van der Waals surface area contributed by atoms with E-state index in [4.69, 9.17) is 14.2 Å². The maximum atomic E-state index is 12.6. The molecule has 0 bridgehead atoms. The fourth-order valence-electron chi connectivity index (χ4n) is 2.50. The standard InChI is InChI=1S/C18H16N2O8/c1-26-16-9-7-13(17(27-2)18(16)28-3)15(21)8-5-11-4-6-12(19(22)23)10-14(11)20(24)25/h4-10H,1-3H3/b8-5+. The zero-order valence-electron chi connectivity index (χ0n) is 15.2. The van der Waals surface area contributed by atoms with Crippen LogP contribution in [0, 0.1) is 20.2 Å².